The van der Waals surface area contributed by atoms with Crippen LogP contribution in [0.4, 0.5) is 4.39 Å². The molecule has 110 valence electrons. The third-order valence-electron chi connectivity index (χ3n) is 3.23. The van der Waals surface area contributed by atoms with E-state index in [1.54, 1.807) is 13.0 Å². The van der Waals surface area contributed by atoms with Gasteiger partial charge in [0.25, 0.3) is 0 Å². The zero-order valence-electron chi connectivity index (χ0n) is 11.6. The van der Waals surface area contributed by atoms with Gasteiger partial charge in [-0.25, -0.2) is 4.39 Å². The summed E-state index contributed by atoms with van der Waals surface area (Å²) in [6, 6.07) is 3.53. The van der Waals surface area contributed by atoms with Gasteiger partial charge in [-0.15, -0.1) is 0 Å². The number of carbonyl (C=O) groups excluding carboxylic acids is 1. The second-order valence-electron chi connectivity index (χ2n) is 5.07. The molecule has 1 aromatic rings. The van der Waals surface area contributed by atoms with Gasteiger partial charge in [-0.3, -0.25) is 4.79 Å². The van der Waals surface area contributed by atoms with E-state index in [-0.39, 0.29) is 12.2 Å². The first-order valence-electron chi connectivity index (χ1n) is 6.93. The molecule has 1 atom stereocenters. The van der Waals surface area contributed by atoms with E-state index >= 15 is 0 Å². The third-order valence-corrected chi connectivity index (χ3v) is 3.23. The minimum absolute atomic E-state index is 0.277. The SMILES string of the molecule is CCOC(=O)C(N)Cc1ccc(F)cc1OCC1CC1. The molecule has 20 heavy (non-hydrogen) atoms. The summed E-state index contributed by atoms with van der Waals surface area (Å²) in [4.78, 5) is 11.5. The summed E-state index contributed by atoms with van der Waals surface area (Å²) in [7, 11) is 0. The van der Waals surface area contributed by atoms with Crippen LogP contribution in [0.15, 0.2) is 18.2 Å². The van der Waals surface area contributed by atoms with Crippen LogP contribution in [0.2, 0.25) is 0 Å². The Kier molecular flexibility index (Phi) is 4.95. The summed E-state index contributed by atoms with van der Waals surface area (Å²) in [5.74, 6) is 0.232. The molecule has 0 bridgehead atoms. The van der Waals surface area contributed by atoms with Crippen molar-refractivity contribution in [3.8, 4) is 5.75 Å². The molecule has 5 heteroatoms. The molecule has 1 fully saturated rings. The van der Waals surface area contributed by atoms with Crippen LogP contribution in [0.5, 0.6) is 5.75 Å². The van der Waals surface area contributed by atoms with Crippen molar-refractivity contribution in [2.75, 3.05) is 13.2 Å². The van der Waals surface area contributed by atoms with Crippen LogP contribution in [0.25, 0.3) is 0 Å². The lowest BCUT2D eigenvalue weighted by molar-refractivity contribution is -0.144. The summed E-state index contributed by atoms with van der Waals surface area (Å²) >= 11 is 0. The number of halogens is 1. The summed E-state index contributed by atoms with van der Waals surface area (Å²) in [5, 5.41) is 0. The van der Waals surface area contributed by atoms with E-state index in [4.69, 9.17) is 15.2 Å². The maximum atomic E-state index is 13.3. The highest BCUT2D eigenvalue weighted by Crippen LogP contribution is 2.30. The van der Waals surface area contributed by atoms with Crippen LogP contribution in [-0.4, -0.2) is 25.2 Å². The van der Waals surface area contributed by atoms with Crippen molar-refractivity contribution in [3.63, 3.8) is 0 Å². The summed E-state index contributed by atoms with van der Waals surface area (Å²) in [5.41, 5.74) is 6.52. The Labute approximate surface area is 118 Å². The first-order chi connectivity index (χ1) is 9.60. The molecule has 0 saturated heterocycles. The largest absolute Gasteiger partial charge is 0.493 e. The molecule has 0 radical (unpaired) electrons. The first kappa shape index (κ1) is 14.8. The van der Waals surface area contributed by atoms with Crippen molar-refractivity contribution < 1.29 is 18.7 Å². The Hall–Kier alpha value is -1.62. The van der Waals surface area contributed by atoms with Gasteiger partial charge in [0.1, 0.15) is 17.6 Å². The highest BCUT2D eigenvalue weighted by molar-refractivity contribution is 5.76. The number of rotatable bonds is 7. The van der Waals surface area contributed by atoms with Gasteiger partial charge >= 0.3 is 5.97 Å². The van der Waals surface area contributed by atoms with Gasteiger partial charge in [0.15, 0.2) is 0 Å². The predicted octanol–water partition coefficient (Wildman–Crippen LogP) is 2.05. The van der Waals surface area contributed by atoms with Gasteiger partial charge in [-0.2, -0.15) is 0 Å². The molecule has 4 nitrogen and oxygen atoms in total. The fourth-order valence-electron chi connectivity index (χ4n) is 1.89. The maximum absolute atomic E-state index is 13.3. The topological polar surface area (TPSA) is 61.5 Å². The monoisotopic (exact) mass is 281 g/mol. The number of ether oxygens (including phenoxy) is 2. The van der Waals surface area contributed by atoms with Crippen molar-refractivity contribution in [2.45, 2.75) is 32.2 Å². The number of nitrogens with two attached hydrogens (primary N) is 1. The van der Waals surface area contributed by atoms with Crippen molar-refractivity contribution in [3.05, 3.63) is 29.6 Å². The second-order valence-corrected chi connectivity index (χ2v) is 5.07. The van der Waals surface area contributed by atoms with Crippen LogP contribution in [0.1, 0.15) is 25.3 Å². The fraction of sp³-hybridized carbons (Fsp3) is 0.533. The molecule has 0 aromatic heterocycles. The third kappa shape index (κ3) is 4.20. The summed E-state index contributed by atoms with van der Waals surface area (Å²) in [6.45, 7) is 2.61. The molecular weight excluding hydrogens is 261 g/mol. The smallest absolute Gasteiger partial charge is 0.323 e. The zero-order valence-corrected chi connectivity index (χ0v) is 11.6. The molecule has 1 unspecified atom stereocenters. The van der Waals surface area contributed by atoms with E-state index in [1.807, 2.05) is 0 Å². The molecular formula is C15H20FNO3. The number of hydrogen-bond donors (Lipinski definition) is 1. The molecule has 0 spiro atoms. The number of benzene rings is 1. The lowest BCUT2D eigenvalue weighted by Crippen LogP contribution is -2.34. The molecule has 1 aromatic carbocycles. The van der Waals surface area contributed by atoms with Crippen molar-refractivity contribution >= 4 is 5.97 Å². The van der Waals surface area contributed by atoms with Crippen LogP contribution in [-0.2, 0) is 16.0 Å². The number of carbonyl (C=O) groups is 1. The van der Waals surface area contributed by atoms with Crippen LogP contribution in [0, 0.1) is 11.7 Å². The average Bonchev–Trinajstić information content (AvgIpc) is 3.23. The zero-order chi connectivity index (χ0) is 14.5. The predicted molar refractivity (Wildman–Crippen MR) is 72.9 cm³/mol. The molecule has 1 saturated carbocycles. The van der Waals surface area contributed by atoms with Crippen molar-refractivity contribution in [1.82, 2.24) is 0 Å². The summed E-state index contributed by atoms with van der Waals surface area (Å²) in [6.07, 6.45) is 2.60. The number of hydrogen-bond acceptors (Lipinski definition) is 4. The second kappa shape index (κ2) is 6.70. The highest BCUT2D eigenvalue weighted by Gasteiger charge is 2.23. The van der Waals surface area contributed by atoms with E-state index in [9.17, 15) is 9.18 Å². The quantitative estimate of drug-likeness (QED) is 0.777. The van der Waals surface area contributed by atoms with E-state index in [0.717, 1.165) is 18.4 Å². The maximum Gasteiger partial charge on any atom is 0.323 e. The Morgan fingerprint density at radius 2 is 2.25 bits per heavy atom. The van der Waals surface area contributed by atoms with Crippen molar-refractivity contribution in [2.24, 2.45) is 11.7 Å². The standard InChI is InChI=1S/C15H20FNO3/c1-2-19-15(18)13(17)7-11-5-6-12(16)8-14(11)20-9-10-3-4-10/h5-6,8,10,13H,2-4,7,9,17H2,1H3. The Balaban J connectivity index is 2.02. The molecule has 1 aliphatic carbocycles. The Morgan fingerprint density at radius 3 is 2.90 bits per heavy atom. The summed E-state index contributed by atoms with van der Waals surface area (Å²) < 4.78 is 23.8. The minimum Gasteiger partial charge on any atom is -0.493 e. The minimum atomic E-state index is -0.760. The van der Waals surface area contributed by atoms with Crippen LogP contribution < -0.4 is 10.5 Å². The van der Waals surface area contributed by atoms with Gasteiger partial charge in [-0.05, 0) is 37.3 Å². The van der Waals surface area contributed by atoms with E-state index in [2.05, 4.69) is 0 Å². The number of esters is 1. The lowest BCUT2D eigenvalue weighted by Gasteiger charge is -2.14. The van der Waals surface area contributed by atoms with Gasteiger partial charge in [0, 0.05) is 12.5 Å². The van der Waals surface area contributed by atoms with Crippen LogP contribution in [0.3, 0.4) is 0 Å². The first-order valence-corrected chi connectivity index (χ1v) is 6.93. The fourth-order valence-corrected chi connectivity index (χ4v) is 1.89. The van der Waals surface area contributed by atoms with E-state index < -0.39 is 12.0 Å². The molecule has 2 rings (SSSR count). The molecule has 2 N–H and O–H groups in total. The van der Waals surface area contributed by atoms with Gasteiger partial charge in [0.2, 0.25) is 0 Å². The van der Waals surface area contributed by atoms with Gasteiger partial charge in [0.05, 0.1) is 13.2 Å². The molecule has 0 amide bonds. The Morgan fingerprint density at radius 1 is 1.50 bits per heavy atom. The molecule has 1 aliphatic rings. The lowest BCUT2D eigenvalue weighted by atomic mass is 10.1. The normalized spacial score (nSPS) is 15.8. The highest BCUT2D eigenvalue weighted by atomic mass is 19.1. The Bertz CT molecular complexity index is 474. The van der Waals surface area contributed by atoms with E-state index in [0.29, 0.717) is 24.9 Å². The molecule has 0 aliphatic heterocycles. The van der Waals surface area contributed by atoms with Gasteiger partial charge in [-0.1, -0.05) is 6.07 Å². The molecule has 0 heterocycles. The van der Waals surface area contributed by atoms with Gasteiger partial charge < -0.3 is 15.2 Å². The van der Waals surface area contributed by atoms with Crippen LogP contribution >= 0.6 is 0 Å². The average molecular weight is 281 g/mol. The van der Waals surface area contributed by atoms with E-state index in [1.165, 1.54) is 12.1 Å². The van der Waals surface area contributed by atoms with Crippen molar-refractivity contribution in [1.29, 1.82) is 0 Å².